The van der Waals surface area contributed by atoms with E-state index in [0.29, 0.717) is 13.2 Å². The minimum Gasteiger partial charge on any atom is -0.383 e. The summed E-state index contributed by atoms with van der Waals surface area (Å²) in [6.07, 6.45) is 0.651. The highest BCUT2D eigenvalue weighted by molar-refractivity contribution is 6.04. The lowest BCUT2D eigenvalue weighted by atomic mass is 10.1. The third kappa shape index (κ3) is 5.01. The molecule has 20 heavy (non-hydrogen) atoms. The van der Waals surface area contributed by atoms with Crippen molar-refractivity contribution in [2.45, 2.75) is 26.7 Å². The van der Waals surface area contributed by atoms with E-state index in [1.807, 2.05) is 32.0 Å². The molecule has 1 rings (SSSR count). The summed E-state index contributed by atoms with van der Waals surface area (Å²) in [5.41, 5.74) is 2.88. The number of para-hydroxylation sites is 1. The summed E-state index contributed by atoms with van der Waals surface area (Å²) in [5.74, 6) is -0.602. The molecular formula is C15H22N2O3. The van der Waals surface area contributed by atoms with E-state index in [0.717, 1.165) is 23.2 Å². The van der Waals surface area contributed by atoms with E-state index in [4.69, 9.17) is 4.74 Å². The van der Waals surface area contributed by atoms with Gasteiger partial charge in [0.1, 0.15) is 6.42 Å². The first-order chi connectivity index (χ1) is 9.58. The maximum atomic E-state index is 11.9. The second kappa shape index (κ2) is 8.32. The second-order valence-electron chi connectivity index (χ2n) is 4.53. The zero-order valence-corrected chi connectivity index (χ0v) is 12.3. The number of rotatable bonds is 7. The van der Waals surface area contributed by atoms with Crippen molar-refractivity contribution in [2.24, 2.45) is 0 Å². The fourth-order valence-electron chi connectivity index (χ4n) is 1.89. The number of anilines is 1. The molecule has 0 atom stereocenters. The molecule has 110 valence electrons. The van der Waals surface area contributed by atoms with Crippen LogP contribution < -0.4 is 10.6 Å². The Morgan fingerprint density at radius 2 is 2.00 bits per heavy atom. The molecule has 1 aromatic carbocycles. The Kier molecular flexibility index (Phi) is 6.73. The lowest BCUT2D eigenvalue weighted by molar-refractivity contribution is -0.126. The van der Waals surface area contributed by atoms with E-state index in [1.165, 1.54) is 0 Å². The van der Waals surface area contributed by atoms with Gasteiger partial charge in [-0.25, -0.2) is 0 Å². The lowest BCUT2D eigenvalue weighted by Gasteiger charge is -2.12. The van der Waals surface area contributed by atoms with E-state index in [9.17, 15) is 9.59 Å². The Bertz CT molecular complexity index is 472. The van der Waals surface area contributed by atoms with E-state index in [2.05, 4.69) is 10.6 Å². The van der Waals surface area contributed by atoms with Crippen molar-refractivity contribution in [2.75, 3.05) is 25.6 Å². The van der Waals surface area contributed by atoms with Gasteiger partial charge in [-0.3, -0.25) is 9.59 Å². The summed E-state index contributed by atoms with van der Waals surface area (Å²) in [6.45, 7) is 4.81. The van der Waals surface area contributed by atoms with Crippen LogP contribution in [-0.4, -0.2) is 32.1 Å². The zero-order valence-electron chi connectivity index (χ0n) is 12.3. The first-order valence-corrected chi connectivity index (χ1v) is 6.72. The van der Waals surface area contributed by atoms with Gasteiger partial charge < -0.3 is 15.4 Å². The van der Waals surface area contributed by atoms with Gasteiger partial charge in [0, 0.05) is 19.3 Å². The van der Waals surface area contributed by atoms with Crippen LogP contribution in [0.15, 0.2) is 18.2 Å². The Hall–Kier alpha value is -1.88. The number of aryl methyl sites for hydroxylation is 2. The summed E-state index contributed by atoms with van der Waals surface area (Å²) in [7, 11) is 1.56. The van der Waals surface area contributed by atoms with E-state index < -0.39 is 0 Å². The Morgan fingerprint density at radius 1 is 1.25 bits per heavy atom. The van der Waals surface area contributed by atoms with Crippen molar-refractivity contribution in [3.8, 4) is 0 Å². The van der Waals surface area contributed by atoms with Gasteiger partial charge in [0.2, 0.25) is 11.8 Å². The minimum absolute atomic E-state index is 0.179. The van der Waals surface area contributed by atoms with Crippen molar-refractivity contribution in [1.82, 2.24) is 5.32 Å². The third-order valence-electron chi connectivity index (χ3n) is 2.95. The molecule has 2 N–H and O–H groups in total. The molecule has 0 saturated carbocycles. The molecule has 0 aliphatic carbocycles. The zero-order chi connectivity index (χ0) is 15.0. The van der Waals surface area contributed by atoms with Crippen molar-refractivity contribution in [3.63, 3.8) is 0 Å². The summed E-state index contributed by atoms with van der Waals surface area (Å²) in [4.78, 5) is 23.4. The van der Waals surface area contributed by atoms with Crippen molar-refractivity contribution in [3.05, 3.63) is 29.3 Å². The molecule has 1 aromatic rings. The average molecular weight is 278 g/mol. The molecule has 0 fully saturated rings. The molecule has 0 saturated heterocycles. The van der Waals surface area contributed by atoms with Crippen molar-refractivity contribution >= 4 is 17.5 Å². The monoisotopic (exact) mass is 278 g/mol. The van der Waals surface area contributed by atoms with Crippen molar-refractivity contribution < 1.29 is 14.3 Å². The fraction of sp³-hybridized carbons (Fsp3) is 0.467. The van der Waals surface area contributed by atoms with Gasteiger partial charge >= 0.3 is 0 Å². The topological polar surface area (TPSA) is 67.4 Å². The molecule has 0 aliphatic heterocycles. The predicted molar refractivity (Wildman–Crippen MR) is 78.7 cm³/mol. The van der Waals surface area contributed by atoms with Gasteiger partial charge in [-0.2, -0.15) is 0 Å². The quantitative estimate of drug-likeness (QED) is 0.588. The minimum atomic E-state index is -0.302. The highest BCUT2D eigenvalue weighted by Gasteiger charge is 2.12. The van der Waals surface area contributed by atoms with Crippen LogP contribution in [0.2, 0.25) is 0 Å². The number of methoxy groups -OCH3 is 1. The molecule has 5 heteroatoms. The highest BCUT2D eigenvalue weighted by Crippen LogP contribution is 2.21. The number of hydrogen-bond acceptors (Lipinski definition) is 3. The van der Waals surface area contributed by atoms with Crippen LogP contribution in [0, 0.1) is 6.92 Å². The van der Waals surface area contributed by atoms with Crippen LogP contribution in [0.3, 0.4) is 0 Å². The maximum absolute atomic E-state index is 11.9. The fourth-order valence-corrected chi connectivity index (χ4v) is 1.89. The standard InChI is InChI=1S/C15H22N2O3/c1-4-12-7-5-6-11(2)15(12)17-14(19)10-13(18)16-8-9-20-3/h5-7H,4,8-10H2,1-3H3,(H,16,18)(H,17,19). The first kappa shape index (κ1) is 16.2. The number of carbonyl (C=O) groups is 2. The number of carbonyl (C=O) groups excluding carboxylic acids is 2. The van der Waals surface area contributed by atoms with Gasteiger partial charge in [0.05, 0.1) is 6.61 Å². The molecule has 0 spiro atoms. The SMILES string of the molecule is CCc1cccc(C)c1NC(=O)CC(=O)NCCOC. The Labute approximate surface area is 119 Å². The molecule has 0 heterocycles. The van der Waals surface area contributed by atoms with Crippen LogP contribution in [0.25, 0.3) is 0 Å². The molecular weight excluding hydrogens is 256 g/mol. The Morgan fingerprint density at radius 3 is 2.65 bits per heavy atom. The van der Waals surface area contributed by atoms with Crippen LogP contribution in [0.1, 0.15) is 24.5 Å². The molecule has 0 aromatic heterocycles. The molecule has 0 unspecified atom stereocenters. The lowest BCUT2D eigenvalue weighted by Crippen LogP contribution is -2.30. The highest BCUT2D eigenvalue weighted by atomic mass is 16.5. The summed E-state index contributed by atoms with van der Waals surface area (Å²) in [6, 6.07) is 5.87. The molecule has 5 nitrogen and oxygen atoms in total. The van der Waals surface area contributed by atoms with Gasteiger partial charge in [-0.15, -0.1) is 0 Å². The smallest absolute Gasteiger partial charge is 0.233 e. The second-order valence-corrected chi connectivity index (χ2v) is 4.53. The largest absolute Gasteiger partial charge is 0.383 e. The first-order valence-electron chi connectivity index (χ1n) is 6.72. The molecule has 0 bridgehead atoms. The number of benzene rings is 1. The maximum Gasteiger partial charge on any atom is 0.233 e. The molecule has 0 aliphatic rings. The van der Waals surface area contributed by atoms with Crippen LogP contribution in [0.4, 0.5) is 5.69 Å². The summed E-state index contributed by atoms with van der Waals surface area (Å²) in [5, 5.41) is 5.44. The predicted octanol–water partition coefficient (Wildman–Crippen LogP) is 1.65. The summed E-state index contributed by atoms with van der Waals surface area (Å²) < 4.78 is 4.82. The van der Waals surface area contributed by atoms with Crippen molar-refractivity contribution in [1.29, 1.82) is 0 Å². The van der Waals surface area contributed by atoms with Gasteiger partial charge in [0.15, 0.2) is 0 Å². The normalized spacial score (nSPS) is 10.2. The van der Waals surface area contributed by atoms with Crippen LogP contribution in [0.5, 0.6) is 0 Å². The Balaban J connectivity index is 2.56. The van der Waals surface area contributed by atoms with E-state index >= 15 is 0 Å². The molecule has 0 radical (unpaired) electrons. The number of hydrogen-bond donors (Lipinski definition) is 2. The van der Waals surface area contributed by atoms with Crippen LogP contribution >= 0.6 is 0 Å². The van der Waals surface area contributed by atoms with Gasteiger partial charge in [0.25, 0.3) is 0 Å². The summed E-state index contributed by atoms with van der Waals surface area (Å²) >= 11 is 0. The van der Waals surface area contributed by atoms with Gasteiger partial charge in [-0.1, -0.05) is 25.1 Å². The van der Waals surface area contributed by atoms with E-state index in [-0.39, 0.29) is 18.2 Å². The third-order valence-corrected chi connectivity index (χ3v) is 2.95. The average Bonchev–Trinajstić information content (AvgIpc) is 2.41. The number of ether oxygens (including phenoxy) is 1. The number of nitrogens with one attached hydrogen (secondary N) is 2. The van der Waals surface area contributed by atoms with Crippen LogP contribution in [-0.2, 0) is 20.7 Å². The van der Waals surface area contributed by atoms with Gasteiger partial charge in [-0.05, 0) is 24.5 Å². The number of amides is 2. The molecule has 2 amide bonds. The van der Waals surface area contributed by atoms with E-state index in [1.54, 1.807) is 7.11 Å².